The van der Waals surface area contributed by atoms with Crippen LogP contribution in [-0.2, 0) is 11.8 Å². The summed E-state index contributed by atoms with van der Waals surface area (Å²) >= 11 is 0. The van der Waals surface area contributed by atoms with E-state index in [1.54, 1.807) is 13.8 Å². The lowest BCUT2D eigenvalue weighted by atomic mass is 9.96. The van der Waals surface area contributed by atoms with E-state index in [4.69, 9.17) is 4.52 Å². The molecule has 0 aliphatic carbocycles. The molecule has 14 heavy (non-hydrogen) atoms. The number of nitrogens with zero attached hydrogens (tertiary/aromatic N) is 2. The van der Waals surface area contributed by atoms with Gasteiger partial charge in [0.15, 0.2) is 5.82 Å². The average Bonchev–Trinajstić information content (AvgIpc) is 2.63. The van der Waals surface area contributed by atoms with Crippen molar-refractivity contribution < 1.29 is 8.91 Å². The Morgan fingerprint density at radius 3 is 2.79 bits per heavy atom. The zero-order valence-corrected chi connectivity index (χ0v) is 8.80. The van der Waals surface area contributed by atoms with Crippen molar-refractivity contribution >= 4 is 0 Å². The normalized spacial score (nSPS) is 12.0. The minimum atomic E-state index is -0.676. The molecule has 80 valence electrons. The maximum absolute atomic E-state index is 12.6. The molecule has 1 heterocycles. The second kappa shape index (κ2) is 4.50. The standard InChI is InChI=1S/C9H16FN3O/c1-9(2,6-10)8-12-7(13-14-8)4-5-11-3/h11H,4-6H2,1-3H3. The van der Waals surface area contributed by atoms with Gasteiger partial charge in [0.1, 0.15) is 6.67 Å². The van der Waals surface area contributed by atoms with Gasteiger partial charge in [-0.15, -0.1) is 0 Å². The summed E-state index contributed by atoms with van der Waals surface area (Å²) in [6.45, 7) is 3.76. The quantitative estimate of drug-likeness (QED) is 0.774. The highest BCUT2D eigenvalue weighted by atomic mass is 19.1. The van der Waals surface area contributed by atoms with Crippen LogP contribution in [0, 0.1) is 0 Å². The van der Waals surface area contributed by atoms with Gasteiger partial charge in [-0.1, -0.05) is 5.16 Å². The van der Waals surface area contributed by atoms with E-state index in [1.807, 2.05) is 7.05 Å². The molecule has 0 bridgehead atoms. The second-order valence-corrected chi connectivity index (χ2v) is 3.89. The van der Waals surface area contributed by atoms with Crippen molar-refractivity contribution in [1.82, 2.24) is 15.5 Å². The molecule has 0 unspecified atom stereocenters. The summed E-state index contributed by atoms with van der Waals surface area (Å²) in [6, 6.07) is 0. The number of nitrogens with one attached hydrogen (secondary N) is 1. The zero-order valence-electron chi connectivity index (χ0n) is 8.80. The van der Waals surface area contributed by atoms with Crippen LogP contribution in [0.25, 0.3) is 0 Å². The van der Waals surface area contributed by atoms with E-state index < -0.39 is 12.1 Å². The van der Waals surface area contributed by atoms with Gasteiger partial charge < -0.3 is 9.84 Å². The lowest BCUT2D eigenvalue weighted by Crippen LogP contribution is -2.20. The first kappa shape index (κ1) is 11.1. The molecular formula is C9H16FN3O. The van der Waals surface area contributed by atoms with Crippen LogP contribution in [0.5, 0.6) is 0 Å². The maximum atomic E-state index is 12.6. The first-order chi connectivity index (χ1) is 6.60. The molecule has 0 atom stereocenters. The molecule has 0 amide bonds. The smallest absolute Gasteiger partial charge is 0.234 e. The van der Waals surface area contributed by atoms with Crippen molar-refractivity contribution in [3.63, 3.8) is 0 Å². The van der Waals surface area contributed by atoms with Gasteiger partial charge in [0.25, 0.3) is 0 Å². The fraction of sp³-hybridized carbons (Fsp3) is 0.778. The first-order valence-electron chi connectivity index (χ1n) is 4.64. The van der Waals surface area contributed by atoms with Crippen molar-refractivity contribution in [3.05, 3.63) is 11.7 Å². The van der Waals surface area contributed by atoms with Gasteiger partial charge in [-0.2, -0.15) is 4.98 Å². The second-order valence-electron chi connectivity index (χ2n) is 3.89. The van der Waals surface area contributed by atoms with Crippen molar-refractivity contribution in [2.24, 2.45) is 0 Å². The molecule has 1 aromatic rings. The van der Waals surface area contributed by atoms with Crippen LogP contribution < -0.4 is 5.32 Å². The van der Waals surface area contributed by atoms with E-state index in [9.17, 15) is 4.39 Å². The Morgan fingerprint density at radius 2 is 2.21 bits per heavy atom. The molecule has 0 aromatic carbocycles. The molecule has 0 saturated heterocycles. The number of alkyl halides is 1. The van der Waals surface area contributed by atoms with Crippen molar-refractivity contribution in [1.29, 1.82) is 0 Å². The molecule has 0 spiro atoms. The highest BCUT2D eigenvalue weighted by molar-refractivity contribution is 5.00. The Labute approximate surface area is 82.9 Å². The first-order valence-corrected chi connectivity index (χ1v) is 4.64. The molecule has 1 rings (SSSR count). The van der Waals surface area contributed by atoms with E-state index in [1.165, 1.54) is 0 Å². The molecule has 5 heteroatoms. The molecule has 0 aliphatic rings. The van der Waals surface area contributed by atoms with Gasteiger partial charge in [0, 0.05) is 13.0 Å². The molecular weight excluding hydrogens is 185 g/mol. The number of halogens is 1. The van der Waals surface area contributed by atoms with Gasteiger partial charge in [-0.25, -0.2) is 4.39 Å². The summed E-state index contributed by atoms with van der Waals surface area (Å²) in [6.07, 6.45) is 0.697. The SMILES string of the molecule is CNCCc1noc(C(C)(C)CF)n1. The highest BCUT2D eigenvalue weighted by Crippen LogP contribution is 2.21. The van der Waals surface area contributed by atoms with Gasteiger partial charge in [-0.3, -0.25) is 0 Å². The Bertz CT molecular complexity index is 285. The zero-order chi connectivity index (χ0) is 10.6. The molecule has 0 radical (unpaired) electrons. The van der Waals surface area contributed by atoms with E-state index >= 15 is 0 Å². The van der Waals surface area contributed by atoms with Crippen molar-refractivity contribution in [2.75, 3.05) is 20.3 Å². The predicted molar refractivity (Wildman–Crippen MR) is 50.9 cm³/mol. The largest absolute Gasteiger partial charge is 0.339 e. The third-order valence-corrected chi connectivity index (χ3v) is 1.98. The molecule has 1 aromatic heterocycles. The van der Waals surface area contributed by atoms with Crippen molar-refractivity contribution in [3.8, 4) is 0 Å². The molecule has 0 fully saturated rings. The fourth-order valence-corrected chi connectivity index (χ4v) is 0.924. The third kappa shape index (κ3) is 2.51. The summed E-state index contributed by atoms with van der Waals surface area (Å²) in [5.41, 5.74) is -0.676. The van der Waals surface area contributed by atoms with Gasteiger partial charge in [-0.05, 0) is 20.9 Å². The average molecular weight is 201 g/mol. The summed E-state index contributed by atoms with van der Waals surface area (Å²) in [7, 11) is 1.85. The van der Waals surface area contributed by atoms with Crippen LogP contribution in [0.3, 0.4) is 0 Å². The van der Waals surface area contributed by atoms with Crippen LogP contribution in [0.4, 0.5) is 4.39 Å². The highest BCUT2D eigenvalue weighted by Gasteiger charge is 2.27. The fourth-order valence-electron chi connectivity index (χ4n) is 0.924. The van der Waals surface area contributed by atoms with Crippen LogP contribution in [0.1, 0.15) is 25.6 Å². The Balaban J connectivity index is 2.67. The summed E-state index contributed by atoms with van der Waals surface area (Å²) in [5.74, 6) is 0.988. The summed E-state index contributed by atoms with van der Waals surface area (Å²) in [4.78, 5) is 4.13. The van der Waals surface area contributed by atoms with Crippen molar-refractivity contribution in [2.45, 2.75) is 25.7 Å². The van der Waals surface area contributed by atoms with E-state index in [-0.39, 0.29) is 0 Å². The number of hydrogen-bond acceptors (Lipinski definition) is 4. The minimum Gasteiger partial charge on any atom is -0.339 e. The lowest BCUT2D eigenvalue weighted by Gasteiger charge is -2.13. The number of hydrogen-bond donors (Lipinski definition) is 1. The number of aromatic nitrogens is 2. The van der Waals surface area contributed by atoms with Crippen LogP contribution in [0.15, 0.2) is 4.52 Å². The number of likely N-dealkylation sites (N-methyl/N-ethyl adjacent to an activating group) is 1. The Kier molecular flexibility index (Phi) is 3.57. The van der Waals surface area contributed by atoms with E-state index in [2.05, 4.69) is 15.5 Å². The monoisotopic (exact) mass is 201 g/mol. The van der Waals surface area contributed by atoms with Crippen LogP contribution in [-0.4, -0.2) is 30.4 Å². The topological polar surface area (TPSA) is 51.0 Å². The van der Waals surface area contributed by atoms with Gasteiger partial charge in [0.05, 0.1) is 5.41 Å². The van der Waals surface area contributed by atoms with Gasteiger partial charge in [0.2, 0.25) is 5.89 Å². The Morgan fingerprint density at radius 1 is 1.50 bits per heavy atom. The van der Waals surface area contributed by atoms with Gasteiger partial charge >= 0.3 is 0 Å². The Hall–Kier alpha value is -0.970. The maximum Gasteiger partial charge on any atom is 0.234 e. The third-order valence-electron chi connectivity index (χ3n) is 1.98. The molecule has 0 aliphatic heterocycles. The summed E-state index contributed by atoms with van der Waals surface area (Å²) in [5, 5.41) is 6.76. The van der Waals surface area contributed by atoms with Crippen LogP contribution >= 0.6 is 0 Å². The van der Waals surface area contributed by atoms with E-state index in [0.717, 1.165) is 6.54 Å². The molecule has 1 N–H and O–H groups in total. The van der Waals surface area contributed by atoms with E-state index in [0.29, 0.717) is 18.1 Å². The van der Waals surface area contributed by atoms with Crippen LogP contribution in [0.2, 0.25) is 0 Å². The molecule has 4 nitrogen and oxygen atoms in total. The predicted octanol–water partition coefficient (Wildman–Crippen LogP) is 1.08. The molecule has 0 saturated carbocycles. The number of rotatable bonds is 5. The lowest BCUT2D eigenvalue weighted by molar-refractivity contribution is 0.258. The minimum absolute atomic E-state index is 0.367. The summed E-state index contributed by atoms with van der Waals surface area (Å²) < 4.78 is 17.6.